The van der Waals surface area contributed by atoms with Gasteiger partial charge in [-0.1, -0.05) is 6.92 Å². The van der Waals surface area contributed by atoms with Crippen LogP contribution in [0.15, 0.2) is 0 Å². The van der Waals surface area contributed by atoms with Crippen LogP contribution in [-0.4, -0.2) is 15.6 Å². The van der Waals surface area contributed by atoms with Crippen molar-refractivity contribution in [2.24, 2.45) is 0 Å². The van der Waals surface area contributed by atoms with E-state index in [1.54, 1.807) is 11.3 Å². The lowest BCUT2D eigenvalue weighted by Crippen LogP contribution is -2.33. The molecule has 3 heterocycles. The monoisotopic (exact) mass is 281 g/mol. The van der Waals surface area contributed by atoms with Crippen molar-refractivity contribution in [1.82, 2.24) is 9.97 Å². The van der Waals surface area contributed by atoms with Gasteiger partial charge in [-0.15, -0.1) is 11.3 Å². The molecular formula is C12H15N3OS2. The first-order valence-corrected chi connectivity index (χ1v) is 7.19. The molecule has 2 aromatic rings. The number of rotatable bonds is 1. The summed E-state index contributed by atoms with van der Waals surface area (Å²) < 4.78 is 6.39. The lowest BCUT2D eigenvalue weighted by Gasteiger charge is -2.33. The number of anilines is 1. The van der Waals surface area contributed by atoms with Gasteiger partial charge in [0.25, 0.3) is 0 Å². The van der Waals surface area contributed by atoms with Crippen LogP contribution in [0.25, 0.3) is 10.2 Å². The molecule has 0 fully saturated rings. The van der Waals surface area contributed by atoms with E-state index in [-0.39, 0.29) is 5.60 Å². The zero-order valence-electron chi connectivity index (χ0n) is 10.4. The molecule has 18 heavy (non-hydrogen) atoms. The summed E-state index contributed by atoms with van der Waals surface area (Å²) in [7, 11) is 0. The van der Waals surface area contributed by atoms with Crippen LogP contribution in [0, 0.1) is 4.77 Å². The van der Waals surface area contributed by atoms with E-state index in [0.29, 0.717) is 17.2 Å². The minimum absolute atomic E-state index is 0.0971. The first kappa shape index (κ1) is 12.1. The number of nitrogens with one attached hydrogen (secondary N) is 1. The van der Waals surface area contributed by atoms with Crippen molar-refractivity contribution >= 4 is 39.6 Å². The first-order valence-electron chi connectivity index (χ1n) is 5.96. The molecule has 0 amide bonds. The highest BCUT2D eigenvalue weighted by Gasteiger charge is 2.32. The second-order valence-electron chi connectivity index (χ2n) is 4.91. The molecule has 0 radical (unpaired) electrons. The van der Waals surface area contributed by atoms with Gasteiger partial charge in [0.1, 0.15) is 10.6 Å². The highest BCUT2D eigenvalue weighted by molar-refractivity contribution is 7.71. The van der Waals surface area contributed by atoms with E-state index >= 15 is 0 Å². The molecule has 0 aliphatic carbocycles. The molecule has 0 spiro atoms. The van der Waals surface area contributed by atoms with Crippen LogP contribution in [-0.2, 0) is 17.8 Å². The van der Waals surface area contributed by atoms with Gasteiger partial charge >= 0.3 is 0 Å². The zero-order valence-corrected chi connectivity index (χ0v) is 12.0. The van der Waals surface area contributed by atoms with Gasteiger partial charge < -0.3 is 15.5 Å². The average Bonchev–Trinajstić information content (AvgIpc) is 2.66. The second kappa shape index (κ2) is 4.01. The lowest BCUT2D eigenvalue weighted by atomic mass is 9.90. The fraction of sp³-hybridized carbons (Fsp3) is 0.500. The number of ether oxygens (including phenoxy) is 1. The number of H-pyrrole nitrogens is 1. The van der Waals surface area contributed by atoms with Crippen LogP contribution in [0.5, 0.6) is 0 Å². The molecule has 3 N–H and O–H groups in total. The van der Waals surface area contributed by atoms with Crippen molar-refractivity contribution in [2.45, 2.75) is 38.9 Å². The third kappa shape index (κ3) is 1.75. The largest absolute Gasteiger partial charge is 0.385 e. The Balaban J connectivity index is 2.25. The molecule has 0 bridgehead atoms. The quantitative estimate of drug-likeness (QED) is 0.788. The molecule has 4 nitrogen and oxygen atoms in total. The van der Waals surface area contributed by atoms with Gasteiger partial charge in [-0.3, -0.25) is 0 Å². The van der Waals surface area contributed by atoms with Gasteiger partial charge in [0.05, 0.1) is 17.6 Å². The summed E-state index contributed by atoms with van der Waals surface area (Å²) in [5.41, 5.74) is 7.24. The highest BCUT2D eigenvalue weighted by atomic mass is 32.1. The topological polar surface area (TPSA) is 63.9 Å². The van der Waals surface area contributed by atoms with Crippen LogP contribution >= 0.6 is 23.6 Å². The maximum absolute atomic E-state index is 6.06. The lowest BCUT2D eigenvalue weighted by molar-refractivity contribution is -0.0542. The standard InChI is InChI=1S/C12H15N3OS2/c1-3-12(2)4-6-7(5-16-12)18-10-8(6)9(13)14-11(17)15-10/h3-5H2,1-2H3,(H3,13,14,15,17)/t12-/m0/s1. The summed E-state index contributed by atoms with van der Waals surface area (Å²) >= 11 is 6.70. The Kier molecular flexibility index (Phi) is 2.69. The van der Waals surface area contributed by atoms with E-state index in [9.17, 15) is 0 Å². The number of hydrogen-bond donors (Lipinski definition) is 2. The number of nitrogens with two attached hydrogens (primary N) is 1. The summed E-state index contributed by atoms with van der Waals surface area (Å²) in [5, 5.41) is 1.03. The van der Waals surface area contributed by atoms with Gasteiger partial charge in [0, 0.05) is 11.3 Å². The molecule has 0 saturated carbocycles. The van der Waals surface area contributed by atoms with Crippen LogP contribution in [0.2, 0.25) is 0 Å². The number of aromatic amines is 1. The van der Waals surface area contributed by atoms with E-state index < -0.39 is 0 Å². The van der Waals surface area contributed by atoms with Crippen LogP contribution in [0.1, 0.15) is 30.7 Å². The second-order valence-corrected chi connectivity index (χ2v) is 6.38. The van der Waals surface area contributed by atoms with Gasteiger partial charge in [-0.25, -0.2) is 4.98 Å². The predicted molar refractivity (Wildman–Crippen MR) is 76.4 cm³/mol. The Morgan fingerprint density at radius 3 is 3.11 bits per heavy atom. The molecule has 1 atom stereocenters. The molecule has 0 saturated heterocycles. The van der Waals surface area contributed by atoms with E-state index in [1.807, 2.05) is 0 Å². The highest BCUT2D eigenvalue weighted by Crippen LogP contribution is 2.40. The summed E-state index contributed by atoms with van der Waals surface area (Å²) in [5.74, 6) is 0.628. The van der Waals surface area contributed by atoms with Crippen molar-refractivity contribution in [3.63, 3.8) is 0 Å². The molecule has 6 heteroatoms. The van der Waals surface area contributed by atoms with Crippen LogP contribution in [0.4, 0.5) is 5.82 Å². The fourth-order valence-corrected chi connectivity index (χ4v) is 3.73. The van der Waals surface area contributed by atoms with Gasteiger partial charge in [0.15, 0.2) is 4.77 Å². The van der Waals surface area contributed by atoms with E-state index in [0.717, 1.165) is 23.1 Å². The number of fused-ring (bicyclic) bond motifs is 3. The predicted octanol–water partition coefficient (Wildman–Crippen LogP) is 3.18. The molecule has 0 unspecified atom stereocenters. The molecular weight excluding hydrogens is 266 g/mol. The fourth-order valence-electron chi connectivity index (χ4n) is 2.35. The first-order chi connectivity index (χ1) is 8.52. The number of hydrogen-bond acceptors (Lipinski definition) is 5. The van der Waals surface area contributed by atoms with Gasteiger partial charge in [0.2, 0.25) is 0 Å². The Hall–Kier alpha value is -0.980. The molecule has 3 rings (SSSR count). The third-order valence-electron chi connectivity index (χ3n) is 3.64. The number of aromatic nitrogens is 2. The Labute approximate surface area is 114 Å². The number of nitrogens with zero attached hydrogens (tertiary/aromatic N) is 1. The zero-order chi connectivity index (χ0) is 12.9. The van der Waals surface area contributed by atoms with Crippen LogP contribution in [0.3, 0.4) is 0 Å². The number of nitrogen functional groups attached to an aromatic ring is 1. The molecule has 1 aliphatic heterocycles. The molecule has 2 aromatic heterocycles. The van der Waals surface area contributed by atoms with E-state index in [2.05, 4.69) is 23.8 Å². The summed E-state index contributed by atoms with van der Waals surface area (Å²) in [6.45, 7) is 4.94. The van der Waals surface area contributed by atoms with Crippen molar-refractivity contribution < 1.29 is 4.74 Å². The molecule has 1 aliphatic rings. The summed E-state index contributed by atoms with van der Waals surface area (Å²) in [4.78, 5) is 9.45. The minimum Gasteiger partial charge on any atom is -0.385 e. The van der Waals surface area contributed by atoms with Crippen molar-refractivity contribution in [1.29, 1.82) is 0 Å². The van der Waals surface area contributed by atoms with Gasteiger partial charge in [-0.05, 0) is 31.1 Å². The number of thiophene rings is 1. The third-order valence-corrected chi connectivity index (χ3v) is 4.93. The Morgan fingerprint density at radius 1 is 1.61 bits per heavy atom. The Morgan fingerprint density at radius 2 is 2.39 bits per heavy atom. The van der Waals surface area contributed by atoms with Crippen molar-refractivity contribution in [3.05, 3.63) is 15.2 Å². The summed E-state index contributed by atoms with van der Waals surface area (Å²) in [6.07, 6.45) is 1.87. The molecule has 0 aromatic carbocycles. The Bertz CT molecular complexity index is 676. The van der Waals surface area contributed by atoms with Gasteiger partial charge in [-0.2, -0.15) is 0 Å². The smallest absolute Gasteiger partial charge is 0.199 e. The van der Waals surface area contributed by atoms with Crippen molar-refractivity contribution in [3.8, 4) is 0 Å². The maximum Gasteiger partial charge on any atom is 0.199 e. The SMILES string of the molecule is CC[C@@]1(C)Cc2c(sc3nc(=S)[nH]c(N)c23)CO1. The maximum atomic E-state index is 6.06. The average molecular weight is 281 g/mol. The van der Waals surface area contributed by atoms with Crippen LogP contribution < -0.4 is 5.73 Å². The molecule has 96 valence electrons. The summed E-state index contributed by atoms with van der Waals surface area (Å²) in [6, 6.07) is 0. The normalized spacial score (nSPS) is 23.2. The van der Waals surface area contributed by atoms with Crippen molar-refractivity contribution in [2.75, 3.05) is 5.73 Å². The van der Waals surface area contributed by atoms with E-state index in [4.69, 9.17) is 22.7 Å². The minimum atomic E-state index is -0.0971. The van der Waals surface area contributed by atoms with E-state index in [1.165, 1.54) is 10.4 Å².